The molecule has 10 heteroatoms. The number of carbonyl (C=O) groups excluding carboxylic acids is 2. The van der Waals surface area contributed by atoms with Gasteiger partial charge in [0.1, 0.15) is 0 Å². The molecule has 3 aromatic rings. The van der Waals surface area contributed by atoms with Crippen LogP contribution >= 0.6 is 11.8 Å². The number of hydrogen-bond acceptors (Lipinski definition) is 7. The van der Waals surface area contributed by atoms with Crippen LogP contribution < -0.4 is 20.1 Å². The zero-order chi connectivity index (χ0) is 25.9. The van der Waals surface area contributed by atoms with Crippen LogP contribution in [0.15, 0.2) is 59.8 Å². The third-order valence-electron chi connectivity index (χ3n) is 5.37. The Morgan fingerprint density at radius 3 is 2.53 bits per heavy atom. The molecule has 0 saturated heterocycles. The SMILES string of the molecule is CCn1c(CNC(=O)C=Cc2ccc(OC)c(OC)c2)nnc1SCC(=O)NC(C)c1ccccc1. The van der Waals surface area contributed by atoms with Crippen molar-refractivity contribution in [3.05, 3.63) is 71.6 Å². The number of carbonyl (C=O) groups is 2. The lowest BCUT2D eigenvalue weighted by Gasteiger charge is -2.14. The first kappa shape index (κ1) is 26.8. The number of aromatic nitrogens is 3. The number of ether oxygens (including phenoxy) is 2. The lowest BCUT2D eigenvalue weighted by Crippen LogP contribution is -2.28. The first-order valence-corrected chi connectivity index (χ1v) is 12.5. The molecule has 36 heavy (non-hydrogen) atoms. The molecule has 1 unspecified atom stereocenters. The monoisotopic (exact) mass is 509 g/mol. The number of amides is 2. The van der Waals surface area contributed by atoms with E-state index < -0.39 is 0 Å². The fourth-order valence-corrected chi connectivity index (χ4v) is 4.30. The van der Waals surface area contributed by atoms with E-state index in [1.165, 1.54) is 17.8 Å². The fraction of sp³-hybridized carbons (Fsp3) is 0.308. The molecule has 0 aliphatic heterocycles. The molecular formula is C26H31N5O4S. The second kappa shape index (κ2) is 13.3. The van der Waals surface area contributed by atoms with Gasteiger partial charge in [-0.2, -0.15) is 0 Å². The molecule has 2 aromatic carbocycles. The molecular weight excluding hydrogens is 478 g/mol. The van der Waals surface area contributed by atoms with Crippen LogP contribution in [0.3, 0.4) is 0 Å². The lowest BCUT2D eigenvalue weighted by molar-refractivity contribution is -0.119. The Labute approximate surface area is 215 Å². The van der Waals surface area contributed by atoms with Crippen molar-refractivity contribution in [3.63, 3.8) is 0 Å². The lowest BCUT2D eigenvalue weighted by atomic mass is 10.1. The van der Waals surface area contributed by atoms with Crippen LogP contribution in [0.2, 0.25) is 0 Å². The molecule has 0 spiro atoms. The van der Waals surface area contributed by atoms with Gasteiger partial charge >= 0.3 is 0 Å². The molecule has 1 aromatic heterocycles. The number of hydrogen-bond donors (Lipinski definition) is 2. The van der Waals surface area contributed by atoms with Crippen LogP contribution in [0.1, 0.15) is 36.8 Å². The summed E-state index contributed by atoms with van der Waals surface area (Å²) in [5.74, 6) is 1.69. The predicted octanol–water partition coefficient (Wildman–Crippen LogP) is 3.61. The summed E-state index contributed by atoms with van der Waals surface area (Å²) in [4.78, 5) is 24.8. The Morgan fingerprint density at radius 2 is 1.83 bits per heavy atom. The number of benzene rings is 2. The smallest absolute Gasteiger partial charge is 0.244 e. The predicted molar refractivity (Wildman–Crippen MR) is 140 cm³/mol. The van der Waals surface area contributed by atoms with E-state index in [0.717, 1.165) is 11.1 Å². The van der Waals surface area contributed by atoms with E-state index >= 15 is 0 Å². The van der Waals surface area contributed by atoms with Crippen LogP contribution in [0, 0.1) is 0 Å². The zero-order valence-electron chi connectivity index (χ0n) is 20.9. The Kier molecular flexibility index (Phi) is 9.93. The van der Waals surface area contributed by atoms with E-state index in [1.54, 1.807) is 32.4 Å². The van der Waals surface area contributed by atoms with Crippen molar-refractivity contribution in [3.8, 4) is 11.5 Å². The van der Waals surface area contributed by atoms with Crippen molar-refractivity contribution >= 4 is 29.7 Å². The van der Waals surface area contributed by atoms with Gasteiger partial charge in [0.25, 0.3) is 0 Å². The Hall–Kier alpha value is -3.79. The maximum atomic E-state index is 12.4. The van der Waals surface area contributed by atoms with Gasteiger partial charge in [-0.1, -0.05) is 48.2 Å². The van der Waals surface area contributed by atoms with Crippen molar-refractivity contribution in [2.24, 2.45) is 0 Å². The highest BCUT2D eigenvalue weighted by Crippen LogP contribution is 2.28. The average molecular weight is 510 g/mol. The van der Waals surface area contributed by atoms with Gasteiger partial charge in [0, 0.05) is 12.6 Å². The van der Waals surface area contributed by atoms with Crippen LogP contribution in [0.5, 0.6) is 11.5 Å². The van der Waals surface area contributed by atoms with E-state index in [-0.39, 0.29) is 30.2 Å². The topological polar surface area (TPSA) is 107 Å². The molecule has 0 aliphatic rings. The van der Waals surface area contributed by atoms with Crippen LogP contribution in [-0.2, 0) is 22.7 Å². The first-order chi connectivity index (χ1) is 17.4. The summed E-state index contributed by atoms with van der Waals surface area (Å²) >= 11 is 1.31. The Bertz CT molecular complexity index is 1200. The second-order valence-corrected chi connectivity index (χ2v) is 8.74. The maximum absolute atomic E-state index is 12.4. The molecule has 9 nitrogen and oxygen atoms in total. The van der Waals surface area contributed by atoms with Gasteiger partial charge < -0.3 is 24.7 Å². The molecule has 2 N–H and O–H groups in total. The minimum Gasteiger partial charge on any atom is -0.493 e. The summed E-state index contributed by atoms with van der Waals surface area (Å²) in [7, 11) is 3.13. The van der Waals surface area contributed by atoms with Gasteiger partial charge in [-0.05, 0) is 43.2 Å². The molecule has 1 atom stereocenters. The number of rotatable bonds is 12. The summed E-state index contributed by atoms with van der Waals surface area (Å²) in [5.41, 5.74) is 1.85. The Morgan fingerprint density at radius 1 is 1.08 bits per heavy atom. The quantitative estimate of drug-likeness (QED) is 0.284. The minimum atomic E-state index is -0.265. The highest BCUT2D eigenvalue weighted by Gasteiger charge is 2.15. The maximum Gasteiger partial charge on any atom is 0.244 e. The van der Waals surface area contributed by atoms with Crippen molar-refractivity contribution in [1.29, 1.82) is 0 Å². The third kappa shape index (κ3) is 7.35. The highest BCUT2D eigenvalue weighted by molar-refractivity contribution is 7.99. The van der Waals surface area contributed by atoms with Gasteiger partial charge in [0.2, 0.25) is 11.8 Å². The number of nitrogens with zero attached hydrogens (tertiary/aromatic N) is 3. The van der Waals surface area contributed by atoms with Crippen molar-refractivity contribution in [2.45, 2.75) is 38.1 Å². The first-order valence-electron chi connectivity index (χ1n) is 11.5. The molecule has 0 aliphatic carbocycles. The van der Waals surface area contributed by atoms with E-state index in [2.05, 4.69) is 20.8 Å². The molecule has 0 saturated carbocycles. The van der Waals surface area contributed by atoms with Crippen LogP contribution in [0.25, 0.3) is 6.08 Å². The van der Waals surface area contributed by atoms with Gasteiger partial charge in [0.15, 0.2) is 22.5 Å². The normalized spacial score (nSPS) is 11.8. The highest BCUT2D eigenvalue weighted by atomic mass is 32.2. The molecule has 190 valence electrons. The van der Waals surface area contributed by atoms with Crippen molar-refractivity contribution < 1.29 is 19.1 Å². The summed E-state index contributed by atoms with van der Waals surface area (Å²) in [6.07, 6.45) is 3.14. The fourth-order valence-electron chi connectivity index (χ4n) is 3.47. The molecule has 0 fully saturated rings. The Balaban J connectivity index is 1.52. The standard InChI is InChI=1S/C26H31N5O4S/c1-5-31-23(16-27-24(32)14-12-19-11-13-21(34-3)22(15-19)35-4)29-30-26(31)36-17-25(33)28-18(2)20-9-7-6-8-10-20/h6-15,18H,5,16-17H2,1-4H3,(H,27,32)(H,28,33). The second-order valence-electron chi connectivity index (χ2n) is 7.80. The average Bonchev–Trinajstić information content (AvgIpc) is 3.31. The zero-order valence-corrected chi connectivity index (χ0v) is 21.7. The van der Waals surface area contributed by atoms with Crippen molar-refractivity contribution in [2.75, 3.05) is 20.0 Å². The number of methoxy groups -OCH3 is 2. The minimum absolute atomic E-state index is 0.0822. The van der Waals surface area contributed by atoms with E-state index in [9.17, 15) is 9.59 Å². The molecule has 0 bridgehead atoms. The molecule has 3 rings (SSSR count). The molecule has 0 radical (unpaired) electrons. The summed E-state index contributed by atoms with van der Waals surface area (Å²) < 4.78 is 12.4. The largest absolute Gasteiger partial charge is 0.493 e. The van der Waals surface area contributed by atoms with Gasteiger partial charge in [-0.15, -0.1) is 10.2 Å². The van der Waals surface area contributed by atoms with Crippen LogP contribution in [0.4, 0.5) is 0 Å². The van der Waals surface area contributed by atoms with Crippen molar-refractivity contribution in [1.82, 2.24) is 25.4 Å². The summed E-state index contributed by atoms with van der Waals surface area (Å²) in [5, 5.41) is 14.8. The van der Waals surface area contributed by atoms with E-state index in [1.807, 2.05) is 54.8 Å². The van der Waals surface area contributed by atoms with Gasteiger partial charge in [-0.3, -0.25) is 9.59 Å². The molecule has 1 heterocycles. The van der Waals surface area contributed by atoms with E-state index in [4.69, 9.17) is 9.47 Å². The number of thioether (sulfide) groups is 1. The third-order valence-corrected chi connectivity index (χ3v) is 6.34. The summed E-state index contributed by atoms with van der Waals surface area (Å²) in [6, 6.07) is 15.1. The summed E-state index contributed by atoms with van der Waals surface area (Å²) in [6.45, 7) is 4.75. The molecule has 2 amide bonds. The number of nitrogens with one attached hydrogen (secondary N) is 2. The van der Waals surface area contributed by atoms with E-state index in [0.29, 0.717) is 29.0 Å². The van der Waals surface area contributed by atoms with Crippen LogP contribution in [-0.4, -0.2) is 46.6 Å². The van der Waals surface area contributed by atoms with Gasteiger partial charge in [-0.25, -0.2) is 0 Å². The van der Waals surface area contributed by atoms with Gasteiger partial charge in [0.05, 0.1) is 32.6 Å².